The smallest absolute Gasteiger partial charge is 0.252 e. The summed E-state index contributed by atoms with van der Waals surface area (Å²) in [5.41, 5.74) is 1.43. The molecule has 0 saturated heterocycles. The van der Waals surface area contributed by atoms with Crippen molar-refractivity contribution in [1.82, 2.24) is 10.3 Å². The number of hydrogen-bond acceptors (Lipinski definition) is 2. The zero-order valence-electron chi connectivity index (χ0n) is 8.59. The number of nitrogens with zero attached hydrogens (tertiary/aromatic N) is 1. The summed E-state index contributed by atoms with van der Waals surface area (Å²) in [7, 11) is 0. The van der Waals surface area contributed by atoms with E-state index in [1.807, 2.05) is 6.92 Å². The number of amides is 1. The van der Waals surface area contributed by atoms with Crippen molar-refractivity contribution >= 4 is 17.5 Å². The van der Waals surface area contributed by atoms with Crippen LogP contribution in [0.25, 0.3) is 0 Å². The van der Waals surface area contributed by atoms with Crippen molar-refractivity contribution in [1.29, 1.82) is 0 Å². The van der Waals surface area contributed by atoms with E-state index in [1.54, 1.807) is 18.5 Å². The van der Waals surface area contributed by atoms with Crippen LogP contribution in [-0.2, 0) is 0 Å². The summed E-state index contributed by atoms with van der Waals surface area (Å²) < 4.78 is 0. The third-order valence-electron chi connectivity index (χ3n) is 2.75. The molecule has 80 valence electrons. The summed E-state index contributed by atoms with van der Waals surface area (Å²) in [4.78, 5) is 15.8. The van der Waals surface area contributed by atoms with Gasteiger partial charge in [0.15, 0.2) is 0 Å². The molecule has 3 nitrogen and oxygen atoms in total. The largest absolute Gasteiger partial charge is 0.345 e. The molecule has 4 heteroatoms. The Balaban J connectivity index is 2.12. The van der Waals surface area contributed by atoms with E-state index >= 15 is 0 Å². The zero-order valence-corrected chi connectivity index (χ0v) is 9.34. The standard InChI is InChI=1S/C11H13ClN2O/c1-8-6-13-5-2-9(8)10(15)14-11(7-12)3-4-11/h2,5-6H,3-4,7H2,1H3,(H,14,15). The van der Waals surface area contributed by atoms with Crippen molar-refractivity contribution in [3.8, 4) is 0 Å². The van der Waals surface area contributed by atoms with Crippen molar-refractivity contribution in [2.45, 2.75) is 25.3 Å². The van der Waals surface area contributed by atoms with Gasteiger partial charge < -0.3 is 5.32 Å². The van der Waals surface area contributed by atoms with Gasteiger partial charge in [0.1, 0.15) is 0 Å². The van der Waals surface area contributed by atoms with Crippen LogP contribution in [0.4, 0.5) is 0 Å². The van der Waals surface area contributed by atoms with Gasteiger partial charge in [-0.1, -0.05) is 0 Å². The van der Waals surface area contributed by atoms with Crippen LogP contribution in [0.5, 0.6) is 0 Å². The van der Waals surface area contributed by atoms with Gasteiger partial charge in [0.2, 0.25) is 0 Å². The predicted octanol–water partition coefficient (Wildman–Crippen LogP) is 1.89. The van der Waals surface area contributed by atoms with Gasteiger partial charge in [0.05, 0.1) is 5.54 Å². The molecule has 1 fully saturated rings. The number of nitrogens with one attached hydrogen (secondary N) is 1. The average molecular weight is 225 g/mol. The molecule has 0 atom stereocenters. The molecule has 1 aliphatic rings. The number of hydrogen-bond donors (Lipinski definition) is 1. The Kier molecular flexibility index (Phi) is 2.65. The normalized spacial score (nSPS) is 17.2. The van der Waals surface area contributed by atoms with Gasteiger partial charge in [-0.3, -0.25) is 9.78 Å². The van der Waals surface area contributed by atoms with Crippen molar-refractivity contribution in [2.24, 2.45) is 0 Å². The van der Waals surface area contributed by atoms with Crippen molar-refractivity contribution in [3.63, 3.8) is 0 Å². The molecule has 0 spiro atoms. The van der Waals surface area contributed by atoms with Crippen LogP contribution in [-0.4, -0.2) is 22.3 Å². The van der Waals surface area contributed by atoms with Gasteiger partial charge >= 0.3 is 0 Å². The molecule has 2 rings (SSSR count). The van der Waals surface area contributed by atoms with E-state index in [1.165, 1.54) is 0 Å². The molecule has 1 aliphatic carbocycles. The van der Waals surface area contributed by atoms with Crippen LogP contribution in [0.1, 0.15) is 28.8 Å². The quantitative estimate of drug-likeness (QED) is 0.797. The number of carbonyl (C=O) groups excluding carboxylic acids is 1. The lowest BCUT2D eigenvalue weighted by molar-refractivity contribution is 0.0935. The number of aromatic nitrogens is 1. The lowest BCUT2D eigenvalue weighted by Crippen LogP contribution is -2.38. The maximum absolute atomic E-state index is 11.9. The fourth-order valence-corrected chi connectivity index (χ4v) is 1.81. The van der Waals surface area contributed by atoms with Gasteiger partial charge in [0.25, 0.3) is 5.91 Å². The number of rotatable bonds is 3. The van der Waals surface area contributed by atoms with Crippen LogP contribution in [0.2, 0.25) is 0 Å². The van der Waals surface area contributed by atoms with Gasteiger partial charge in [-0.15, -0.1) is 11.6 Å². The minimum absolute atomic E-state index is 0.0481. The first kappa shape index (κ1) is 10.4. The molecule has 0 radical (unpaired) electrons. The molecule has 1 saturated carbocycles. The molecule has 0 unspecified atom stereocenters. The lowest BCUT2D eigenvalue weighted by atomic mass is 10.1. The monoisotopic (exact) mass is 224 g/mol. The third kappa shape index (κ3) is 2.12. The highest BCUT2D eigenvalue weighted by atomic mass is 35.5. The fourth-order valence-electron chi connectivity index (χ4n) is 1.48. The Morgan fingerprint density at radius 3 is 2.93 bits per heavy atom. The molecular weight excluding hydrogens is 212 g/mol. The van der Waals surface area contributed by atoms with Crippen LogP contribution in [0, 0.1) is 6.92 Å². The molecule has 15 heavy (non-hydrogen) atoms. The maximum atomic E-state index is 11.9. The summed E-state index contributed by atoms with van der Waals surface area (Å²) in [6, 6.07) is 1.73. The first-order chi connectivity index (χ1) is 7.17. The summed E-state index contributed by atoms with van der Waals surface area (Å²) in [5.74, 6) is 0.441. The lowest BCUT2D eigenvalue weighted by Gasteiger charge is -2.14. The minimum Gasteiger partial charge on any atom is -0.345 e. The number of aryl methyl sites for hydroxylation is 1. The number of carbonyl (C=O) groups is 1. The molecule has 1 amide bonds. The molecular formula is C11H13ClN2O. The van der Waals surface area contributed by atoms with E-state index in [2.05, 4.69) is 10.3 Å². The molecule has 0 bridgehead atoms. The first-order valence-electron chi connectivity index (χ1n) is 4.96. The Hall–Kier alpha value is -1.09. The number of alkyl halides is 1. The SMILES string of the molecule is Cc1cnccc1C(=O)NC1(CCl)CC1. The highest BCUT2D eigenvalue weighted by molar-refractivity contribution is 6.19. The summed E-state index contributed by atoms with van der Waals surface area (Å²) >= 11 is 5.80. The molecule has 0 aliphatic heterocycles. The van der Waals surface area contributed by atoms with Crippen molar-refractivity contribution < 1.29 is 4.79 Å². The van der Waals surface area contributed by atoms with Crippen molar-refractivity contribution in [3.05, 3.63) is 29.6 Å². The van der Waals surface area contributed by atoms with Gasteiger partial charge in [-0.25, -0.2) is 0 Å². The van der Waals surface area contributed by atoms with Gasteiger partial charge in [-0.2, -0.15) is 0 Å². The summed E-state index contributed by atoms with van der Waals surface area (Å²) in [5, 5.41) is 2.98. The second kappa shape index (κ2) is 3.81. The van der Waals surface area contributed by atoms with Crippen LogP contribution < -0.4 is 5.32 Å². The van der Waals surface area contributed by atoms with E-state index < -0.39 is 0 Å². The third-order valence-corrected chi connectivity index (χ3v) is 3.26. The maximum Gasteiger partial charge on any atom is 0.252 e. The Morgan fingerprint density at radius 1 is 1.67 bits per heavy atom. The topological polar surface area (TPSA) is 42.0 Å². The van der Waals surface area contributed by atoms with Gasteiger partial charge in [0, 0.05) is 23.8 Å². The second-order valence-corrected chi connectivity index (χ2v) is 4.33. The molecule has 0 aromatic carbocycles. The molecule has 1 heterocycles. The fraction of sp³-hybridized carbons (Fsp3) is 0.455. The molecule has 1 aromatic rings. The van der Waals surface area contributed by atoms with E-state index in [-0.39, 0.29) is 11.4 Å². The molecule has 1 aromatic heterocycles. The Morgan fingerprint density at radius 2 is 2.40 bits per heavy atom. The highest BCUT2D eigenvalue weighted by Gasteiger charge is 2.43. The summed E-state index contributed by atoms with van der Waals surface area (Å²) in [6.07, 6.45) is 5.27. The summed E-state index contributed by atoms with van der Waals surface area (Å²) in [6.45, 7) is 1.88. The minimum atomic E-state index is -0.144. The van der Waals surface area contributed by atoms with Gasteiger partial charge in [-0.05, 0) is 31.4 Å². The van der Waals surface area contributed by atoms with Crippen molar-refractivity contribution in [2.75, 3.05) is 5.88 Å². The second-order valence-electron chi connectivity index (χ2n) is 4.06. The van der Waals surface area contributed by atoms with Crippen LogP contribution in [0.3, 0.4) is 0 Å². The van der Waals surface area contributed by atoms with Crippen LogP contribution in [0.15, 0.2) is 18.5 Å². The van der Waals surface area contributed by atoms with E-state index in [0.717, 1.165) is 18.4 Å². The van der Waals surface area contributed by atoms with E-state index in [9.17, 15) is 4.79 Å². The van der Waals surface area contributed by atoms with E-state index in [4.69, 9.17) is 11.6 Å². The predicted molar refractivity (Wildman–Crippen MR) is 59.1 cm³/mol. The number of halogens is 1. The Labute approximate surface area is 93.8 Å². The Bertz CT molecular complexity index is 388. The number of pyridine rings is 1. The molecule has 1 N–H and O–H groups in total. The average Bonchev–Trinajstić information content (AvgIpc) is 2.99. The highest BCUT2D eigenvalue weighted by Crippen LogP contribution is 2.36. The van der Waals surface area contributed by atoms with Crippen LogP contribution >= 0.6 is 11.6 Å². The van der Waals surface area contributed by atoms with E-state index in [0.29, 0.717) is 11.4 Å². The first-order valence-corrected chi connectivity index (χ1v) is 5.49. The zero-order chi connectivity index (χ0) is 10.9.